The summed E-state index contributed by atoms with van der Waals surface area (Å²) in [6.07, 6.45) is 0.197. The van der Waals surface area contributed by atoms with Crippen LogP contribution in [0.25, 0.3) is 0 Å². The van der Waals surface area contributed by atoms with E-state index in [-0.39, 0.29) is 24.0 Å². The van der Waals surface area contributed by atoms with Gasteiger partial charge in [-0.15, -0.1) is 0 Å². The normalized spacial score (nSPS) is 25.3. The third-order valence-corrected chi connectivity index (χ3v) is 3.39. The summed E-state index contributed by atoms with van der Waals surface area (Å²) in [6, 6.07) is 3.31. The van der Waals surface area contributed by atoms with Crippen molar-refractivity contribution >= 4 is 0 Å². The van der Waals surface area contributed by atoms with Gasteiger partial charge in [-0.05, 0) is 19.2 Å². The van der Waals surface area contributed by atoms with Crippen LogP contribution in [-0.4, -0.2) is 45.6 Å². The molecular weight excluding hydrogens is 268 g/mol. The van der Waals surface area contributed by atoms with Crippen LogP contribution < -0.4 is 10.1 Å². The second kappa shape index (κ2) is 6.97. The third kappa shape index (κ3) is 3.45. The highest BCUT2D eigenvalue weighted by molar-refractivity contribution is 5.25. The van der Waals surface area contributed by atoms with Gasteiger partial charge in [0, 0.05) is 25.6 Å². The first kappa shape index (κ1) is 15.2. The van der Waals surface area contributed by atoms with Gasteiger partial charge in [0.05, 0.1) is 13.2 Å². The molecule has 1 fully saturated rings. The molecular formula is C14H19F2NO3. The van der Waals surface area contributed by atoms with E-state index in [1.807, 2.05) is 7.05 Å². The molecule has 0 bridgehead atoms. The number of likely N-dealkylation sites (N-methyl/N-ethyl adjacent to an activating group) is 1. The smallest absolute Gasteiger partial charge is 0.165 e. The van der Waals surface area contributed by atoms with E-state index in [0.717, 1.165) is 18.2 Å². The highest BCUT2D eigenvalue weighted by Gasteiger charge is 2.43. The lowest BCUT2D eigenvalue weighted by molar-refractivity contribution is -0.115. The maximum absolute atomic E-state index is 13.5. The molecule has 1 aromatic rings. The zero-order valence-electron chi connectivity index (χ0n) is 11.6. The highest BCUT2D eigenvalue weighted by Crippen LogP contribution is 2.30. The van der Waals surface area contributed by atoms with E-state index >= 15 is 0 Å². The van der Waals surface area contributed by atoms with Crippen molar-refractivity contribution in [1.82, 2.24) is 5.32 Å². The average molecular weight is 287 g/mol. The molecule has 6 heteroatoms. The van der Waals surface area contributed by atoms with Gasteiger partial charge in [-0.1, -0.05) is 0 Å². The minimum Gasteiger partial charge on any atom is -0.484 e. The topological polar surface area (TPSA) is 39.7 Å². The number of ether oxygens (including phenoxy) is 3. The van der Waals surface area contributed by atoms with Gasteiger partial charge >= 0.3 is 0 Å². The van der Waals surface area contributed by atoms with E-state index < -0.39 is 11.6 Å². The van der Waals surface area contributed by atoms with Crippen molar-refractivity contribution in [3.05, 3.63) is 29.8 Å². The van der Waals surface area contributed by atoms with Crippen molar-refractivity contribution in [3.8, 4) is 5.75 Å². The molecule has 112 valence electrons. The van der Waals surface area contributed by atoms with Gasteiger partial charge in [-0.25, -0.2) is 8.78 Å². The minimum atomic E-state index is -0.574. The summed E-state index contributed by atoms with van der Waals surface area (Å²) >= 11 is 0. The molecule has 20 heavy (non-hydrogen) atoms. The van der Waals surface area contributed by atoms with Crippen LogP contribution in [0.4, 0.5) is 8.78 Å². The fourth-order valence-electron chi connectivity index (χ4n) is 2.20. The Morgan fingerprint density at radius 2 is 2.10 bits per heavy atom. The molecule has 1 aliphatic rings. The monoisotopic (exact) mass is 287 g/mol. The molecule has 0 aliphatic heterocycles. The summed E-state index contributed by atoms with van der Waals surface area (Å²) in [5, 5.41) is 3.11. The van der Waals surface area contributed by atoms with Crippen LogP contribution in [0.2, 0.25) is 0 Å². The predicted molar refractivity (Wildman–Crippen MR) is 69.9 cm³/mol. The summed E-state index contributed by atoms with van der Waals surface area (Å²) < 4.78 is 42.7. The highest BCUT2D eigenvalue weighted by atomic mass is 19.1. The SMILES string of the molecule is CNC1CC(Oc2cc(F)ccc2F)C1OCCOC. The molecule has 2 rings (SSSR count). The Hall–Kier alpha value is -1.24. The first-order valence-electron chi connectivity index (χ1n) is 6.55. The predicted octanol–water partition coefficient (Wildman–Crippen LogP) is 1.74. The number of hydrogen-bond donors (Lipinski definition) is 1. The lowest BCUT2D eigenvalue weighted by Crippen LogP contribution is -2.60. The minimum absolute atomic E-state index is 0.0788. The van der Waals surface area contributed by atoms with Gasteiger partial charge in [0.25, 0.3) is 0 Å². The summed E-state index contributed by atoms with van der Waals surface area (Å²) in [5.74, 6) is -1.18. The van der Waals surface area contributed by atoms with Crippen LogP contribution >= 0.6 is 0 Å². The Kier molecular flexibility index (Phi) is 5.28. The number of halogens is 2. The maximum Gasteiger partial charge on any atom is 0.165 e. The van der Waals surface area contributed by atoms with Gasteiger partial charge in [0.2, 0.25) is 0 Å². The zero-order chi connectivity index (χ0) is 14.5. The third-order valence-electron chi connectivity index (χ3n) is 3.39. The molecule has 0 spiro atoms. The molecule has 1 aromatic carbocycles. The molecule has 0 radical (unpaired) electrons. The summed E-state index contributed by atoms with van der Waals surface area (Å²) in [7, 11) is 3.42. The van der Waals surface area contributed by atoms with E-state index in [1.54, 1.807) is 7.11 Å². The Morgan fingerprint density at radius 1 is 1.30 bits per heavy atom. The van der Waals surface area contributed by atoms with Crippen LogP contribution in [0.15, 0.2) is 18.2 Å². The summed E-state index contributed by atoms with van der Waals surface area (Å²) in [4.78, 5) is 0. The van der Waals surface area contributed by atoms with Crippen molar-refractivity contribution in [2.45, 2.75) is 24.7 Å². The second-order valence-electron chi connectivity index (χ2n) is 4.69. The van der Waals surface area contributed by atoms with Crippen molar-refractivity contribution in [1.29, 1.82) is 0 Å². The molecule has 1 N–H and O–H groups in total. The number of benzene rings is 1. The van der Waals surface area contributed by atoms with Crippen molar-refractivity contribution in [2.24, 2.45) is 0 Å². The largest absolute Gasteiger partial charge is 0.484 e. The van der Waals surface area contributed by atoms with E-state index in [9.17, 15) is 8.78 Å². The quantitative estimate of drug-likeness (QED) is 0.775. The van der Waals surface area contributed by atoms with Crippen molar-refractivity contribution in [2.75, 3.05) is 27.4 Å². The summed E-state index contributed by atoms with van der Waals surface area (Å²) in [5.41, 5.74) is 0. The van der Waals surface area contributed by atoms with E-state index in [2.05, 4.69) is 5.32 Å². The molecule has 0 heterocycles. The van der Waals surface area contributed by atoms with Crippen molar-refractivity contribution in [3.63, 3.8) is 0 Å². The lowest BCUT2D eigenvalue weighted by Gasteiger charge is -2.43. The van der Waals surface area contributed by atoms with E-state index in [1.165, 1.54) is 0 Å². The second-order valence-corrected chi connectivity index (χ2v) is 4.69. The first-order chi connectivity index (χ1) is 9.65. The Morgan fingerprint density at radius 3 is 2.80 bits per heavy atom. The number of hydrogen-bond acceptors (Lipinski definition) is 4. The molecule has 0 saturated heterocycles. The molecule has 1 saturated carbocycles. The number of rotatable bonds is 7. The molecule has 0 aromatic heterocycles. The lowest BCUT2D eigenvalue weighted by atomic mass is 9.85. The van der Waals surface area contributed by atoms with Crippen LogP contribution in [0.1, 0.15) is 6.42 Å². The molecule has 1 aliphatic carbocycles. The maximum atomic E-state index is 13.5. The standard InChI is InChI=1S/C14H19F2NO3/c1-17-11-8-13(14(11)19-6-5-18-2)20-12-7-9(15)3-4-10(12)16/h3-4,7,11,13-14,17H,5-6,8H2,1-2H3. The molecule has 4 nitrogen and oxygen atoms in total. The number of methoxy groups -OCH3 is 1. The Labute approximate surface area is 117 Å². The molecule has 3 atom stereocenters. The molecule has 0 amide bonds. The summed E-state index contributed by atoms with van der Waals surface area (Å²) in [6.45, 7) is 0.915. The first-order valence-corrected chi connectivity index (χ1v) is 6.55. The van der Waals surface area contributed by atoms with Gasteiger partial charge in [0.15, 0.2) is 11.6 Å². The zero-order valence-corrected chi connectivity index (χ0v) is 11.6. The fraction of sp³-hybridized carbons (Fsp3) is 0.571. The van der Waals surface area contributed by atoms with Gasteiger partial charge in [0.1, 0.15) is 18.0 Å². The van der Waals surface area contributed by atoms with Crippen molar-refractivity contribution < 1.29 is 23.0 Å². The number of nitrogens with one attached hydrogen (secondary N) is 1. The van der Waals surface area contributed by atoms with Crippen LogP contribution in [0.5, 0.6) is 5.75 Å². The average Bonchev–Trinajstić information content (AvgIpc) is 2.42. The van der Waals surface area contributed by atoms with Crippen LogP contribution in [-0.2, 0) is 9.47 Å². The fourth-order valence-corrected chi connectivity index (χ4v) is 2.20. The van der Waals surface area contributed by atoms with E-state index in [4.69, 9.17) is 14.2 Å². The van der Waals surface area contributed by atoms with Gasteiger partial charge in [-0.2, -0.15) is 0 Å². The van der Waals surface area contributed by atoms with Crippen LogP contribution in [0.3, 0.4) is 0 Å². The van der Waals surface area contributed by atoms with Gasteiger partial charge in [-0.3, -0.25) is 0 Å². The van der Waals surface area contributed by atoms with Crippen LogP contribution in [0, 0.1) is 11.6 Å². The Bertz CT molecular complexity index is 444. The molecule has 3 unspecified atom stereocenters. The van der Waals surface area contributed by atoms with Gasteiger partial charge < -0.3 is 19.5 Å². The van der Waals surface area contributed by atoms with E-state index in [0.29, 0.717) is 19.6 Å². The Balaban J connectivity index is 1.95.